The van der Waals surface area contributed by atoms with Gasteiger partial charge in [0.1, 0.15) is 5.75 Å². The highest BCUT2D eigenvalue weighted by Crippen LogP contribution is 2.25. The van der Waals surface area contributed by atoms with Crippen molar-refractivity contribution in [1.29, 1.82) is 0 Å². The van der Waals surface area contributed by atoms with Gasteiger partial charge >= 0.3 is 6.03 Å². The van der Waals surface area contributed by atoms with Gasteiger partial charge in [0, 0.05) is 6.04 Å². The van der Waals surface area contributed by atoms with E-state index in [0.29, 0.717) is 0 Å². The predicted molar refractivity (Wildman–Crippen MR) is 92.3 cm³/mol. The van der Waals surface area contributed by atoms with Crippen molar-refractivity contribution in [2.75, 3.05) is 37.6 Å². The van der Waals surface area contributed by atoms with Crippen LogP contribution in [0.5, 0.6) is 5.75 Å². The molecule has 1 atom stereocenters. The van der Waals surface area contributed by atoms with Crippen LogP contribution in [0.1, 0.15) is 20.3 Å². The van der Waals surface area contributed by atoms with Crippen molar-refractivity contribution in [1.82, 2.24) is 10.6 Å². The van der Waals surface area contributed by atoms with E-state index in [4.69, 9.17) is 0 Å². The summed E-state index contributed by atoms with van der Waals surface area (Å²) in [6.45, 7) is 7.25. The minimum absolute atomic E-state index is 0.0484. The molecule has 1 saturated heterocycles. The maximum Gasteiger partial charge on any atom is 0.321 e. The highest BCUT2D eigenvalue weighted by atomic mass is 16.3. The van der Waals surface area contributed by atoms with Gasteiger partial charge in [-0.1, -0.05) is 19.1 Å². The van der Waals surface area contributed by atoms with E-state index in [1.165, 1.54) is 0 Å². The summed E-state index contributed by atoms with van der Waals surface area (Å²) in [5.41, 5.74) is 0.828. The Morgan fingerprint density at radius 3 is 2.58 bits per heavy atom. The second-order valence-corrected chi connectivity index (χ2v) is 6.23. The number of imide groups is 1. The number of phenols is 1. The van der Waals surface area contributed by atoms with Crippen molar-refractivity contribution < 1.29 is 19.6 Å². The third-order valence-corrected chi connectivity index (χ3v) is 4.35. The van der Waals surface area contributed by atoms with E-state index < -0.39 is 6.03 Å². The molecule has 1 heterocycles. The van der Waals surface area contributed by atoms with Gasteiger partial charge in [0.15, 0.2) is 6.54 Å². The number of benzene rings is 1. The molecule has 0 spiro atoms. The molecule has 1 aromatic carbocycles. The van der Waals surface area contributed by atoms with Crippen LogP contribution in [0.15, 0.2) is 24.3 Å². The number of aromatic hydroxyl groups is 1. The molecule has 4 N–H and O–H groups in total. The molecule has 2 rings (SSSR count). The Kier molecular flexibility index (Phi) is 6.43. The lowest BCUT2D eigenvalue weighted by atomic mass is 10.2. The summed E-state index contributed by atoms with van der Waals surface area (Å²) in [5, 5.41) is 15.0. The maximum atomic E-state index is 12.0. The largest absolute Gasteiger partial charge is 0.506 e. The maximum absolute atomic E-state index is 12.0. The predicted octanol–water partition coefficient (Wildman–Crippen LogP) is -0.279. The normalized spacial score (nSPS) is 16.5. The van der Waals surface area contributed by atoms with Crippen LogP contribution in [0.4, 0.5) is 10.5 Å². The first-order valence-electron chi connectivity index (χ1n) is 8.46. The first kappa shape index (κ1) is 18.1. The Morgan fingerprint density at radius 1 is 1.29 bits per heavy atom. The highest BCUT2D eigenvalue weighted by Gasteiger charge is 2.24. The summed E-state index contributed by atoms with van der Waals surface area (Å²) < 4.78 is 0. The number of anilines is 1. The fourth-order valence-corrected chi connectivity index (χ4v) is 2.73. The summed E-state index contributed by atoms with van der Waals surface area (Å²) in [6, 6.07) is 6.89. The summed E-state index contributed by atoms with van der Waals surface area (Å²) in [6.07, 6.45) is 0.821. The van der Waals surface area contributed by atoms with E-state index in [0.717, 1.165) is 43.2 Å². The standard InChI is InChI=1S/C17H26N4O3/c1-3-13(2)18-17(24)19-16(23)12-20-8-10-21(11-9-20)14-6-4-5-7-15(14)22/h4-7,13,22H,3,8-12H2,1-2H3,(H2,18,19,23,24)/p+1/t13-/m0/s1. The molecule has 1 aromatic rings. The summed E-state index contributed by atoms with van der Waals surface area (Å²) in [7, 11) is 0. The molecule has 3 amide bonds. The zero-order valence-corrected chi connectivity index (χ0v) is 14.3. The summed E-state index contributed by atoms with van der Waals surface area (Å²) >= 11 is 0. The number of para-hydroxylation sites is 2. The molecular weight excluding hydrogens is 308 g/mol. The Morgan fingerprint density at radius 2 is 1.96 bits per heavy atom. The number of rotatable bonds is 5. The fraction of sp³-hybridized carbons (Fsp3) is 0.529. The molecule has 0 aliphatic carbocycles. The number of nitrogens with zero attached hydrogens (tertiary/aromatic N) is 1. The van der Waals surface area contributed by atoms with Crippen LogP contribution < -0.4 is 20.4 Å². The Hall–Kier alpha value is -2.28. The van der Waals surface area contributed by atoms with Crippen LogP contribution in [-0.4, -0.2) is 55.8 Å². The van der Waals surface area contributed by atoms with E-state index in [2.05, 4.69) is 15.5 Å². The van der Waals surface area contributed by atoms with Crippen molar-refractivity contribution in [3.8, 4) is 5.75 Å². The van der Waals surface area contributed by atoms with Crippen molar-refractivity contribution in [3.05, 3.63) is 24.3 Å². The van der Waals surface area contributed by atoms with Crippen LogP contribution in [-0.2, 0) is 4.79 Å². The van der Waals surface area contributed by atoms with Crippen LogP contribution in [0.3, 0.4) is 0 Å². The molecule has 7 nitrogen and oxygen atoms in total. The zero-order chi connectivity index (χ0) is 17.5. The van der Waals surface area contributed by atoms with Gasteiger partial charge in [-0.3, -0.25) is 10.1 Å². The van der Waals surface area contributed by atoms with E-state index in [9.17, 15) is 14.7 Å². The third kappa shape index (κ3) is 5.13. The molecular formula is C17H27N4O3+. The summed E-state index contributed by atoms with van der Waals surface area (Å²) in [5.74, 6) is 0.0159. The quantitative estimate of drug-likeness (QED) is 0.596. The zero-order valence-electron chi connectivity index (χ0n) is 14.3. The highest BCUT2D eigenvalue weighted by molar-refractivity contribution is 5.94. The number of piperazine rings is 1. The molecule has 1 fully saturated rings. The van der Waals surface area contributed by atoms with Crippen LogP contribution in [0.25, 0.3) is 0 Å². The molecule has 24 heavy (non-hydrogen) atoms. The molecule has 0 unspecified atom stereocenters. The SMILES string of the molecule is CC[C@H](C)NC(=O)NC(=O)C[NH+]1CCN(c2ccccc2O)CC1. The third-order valence-electron chi connectivity index (χ3n) is 4.35. The van der Waals surface area contributed by atoms with Gasteiger partial charge in [-0.15, -0.1) is 0 Å². The molecule has 0 radical (unpaired) electrons. The average molecular weight is 335 g/mol. The topological polar surface area (TPSA) is 86.1 Å². The van der Waals surface area contributed by atoms with Crippen molar-refractivity contribution in [2.45, 2.75) is 26.3 Å². The van der Waals surface area contributed by atoms with E-state index >= 15 is 0 Å². The number of phenolic OH excluding ortho intramolecular Hbond substituents is 1. The molecule has 0 saturated carbocycles. The molecule has 7 heteroatoms. The van der Waals surface area contributed by atoms with E-state index in [1.54, 1.807) is 12.1 Å². The van der Waals surface area contributed by atoms with E-state index in [1.807, 2.05) is 26.0 Å². The van der Waals surface area contributed by atoms with Gasteiger partial charge in [-0.05, 0) is 25.5 Å². The van der Waals surface area contributed by atoms with Crippen LogP contribution in [0, 0.1) is 0 Å². The number of nitrogens with one attached hydrogen (secondary N) is 3. The number of amides is 3. The van der Waals surface area contributed by atoms with Crippen molar-refractivity contribution >= 4 is 17.6 Å². The van der Waals surface area contributed by atoms with Crippen LogP contribution in [0.2, 0.25) is 0 Å². The van der Waals surface area contributed by atoms with Crippen molar-refractivity contribution in [3.63, 3.8) is 0 Å². The second-order valence-electron chi connectivity index (χ2n) is 6.23. The Bertz CT molecular complexity index is 571. The molecule has 1 aliphatic heterocycles. The lowest BCUT2D eigenvalue weighted by Gasteiger charge is -2.33. The molecule has 0 bridgehead atoms. The Labute approximate surface area is 142 Å². The monoisotopic (exact) mass is 335 g/mol. The first-order valence-corrected chi connectivity index (χ1v) is 8.46. The number of hydrogen-bond donors (Lipinski definition) is 4. The van der Waals surface area contributed by atoms with Gasteiger partial charge in [0.25, 0.3) is 5.91 Å². The number of carbonyl (C=O) groups excluding carboxylic acids is 2. The number of quaternary nitrogens is 1. The summed E-state index contributed by atoms with van der Waals surface area (Å²) in [4.78, 5) is 26.9. The van der Waals surface area contributed by atoms with Crippen molar-refractivity contribution in [2.24, 2.45) is 0 Å². The minimum atomic E-state index is -0.429. The van der Waals surface area contributed by atoms with E-state index in [-0.39, 0.29) is 24.2 Å². The molecule has 132 valence electrons. The lowest BCUT2D eigenvalue weighted by Crippen LogP contribution is -3.16. The first-order chi connectivity index (χ1) is 11.5. The number of hydrogen-bond acceptors (Lipinski definition) is 4. The molecule has 0 aromatic heterocycles. The van der Waals surface area contributed by atoms with Crippen LogP contribution >= 0.6 is 0 Å². The second kappa shape index (κ2) is 8.54. The fourth-order valence-electron chi connectivity index (χ4n) is 2.73. The number of carbonyl (C=O) groups is 2. The van der Waals surface area contributed by atoms with Gasteiger partial charge < -0.3 is 20.2 Å². The smallest absolute Gasteiger partial charge is 0.321 e. The Balaban J connectivity index is 1.76. The lowest BCUT2D eigenvalue weighted by molar-refractivity contribution is -0.892. The average Bonchev–Trinajstić information content (AvgIpc) is 2.55. The molecule has 1 aliphatic rings. The van der Waals surface area contributed by atoms with Gasteiger partial charge in [-0.25, -0.2) is 4.79 Å². The van der Waals surface area contributed by atoms with Gasteiger partial charge in [0.2, 0.25) is 0 Å². The van der Waals surface area contributed by atoms with Gasteiger partial charge in [0.05, 0.1) is 31.9 Å². The van der Waals surface area contributed by atoms with Gasteiger partial charge in [-0.2, -0.15) is 0 Å². The minimum Gasteiger partial charge on any atom is -0.506 e. The number of urea groups is 1.